The van der Waals surface area contributed by atoms with Gasteiger partial charge in [0.2, 0.25) is 5.89 Å². The van der Waals surface area contributed by atoms with Gasteiger partial charge in [-0.05, 0) is 6.92 Å². The van der Waals surface area contributed by atoms with Gasteiger partial charge in [-0.15, -0.1) is 16.7 Å². The molecule has 7 heteroatoms. The van der Waals surface area contributed by atoms with Gasteiger partial charge in [0, 0.05) is 6.92 Å². The first kappa shape index (κ1) is 10.1. The number of aryl methyl sites for hydroxylation is 1. The average Bonchev–Trinajstić information content (AvgIpc) is 2.76. The van der Waals surface area contributed by atoms with E-state index in [1.807, 2.05) is 6.92 Å². The van der Waals surface area contributed by atoms with E-state index in [0.717, 1.165) is 5.69 Å². The van der Waals surface area contributed by atoms with Crippen molar-refractivity contribution in [3.8, 4) is 0 Å². The summed E-state index contributed by atoms with van der Waals surface area (Å²) in [4.78, 5) is 4.06. The maximum absolute atomic E-state index is 5.86. The van der Waals surface area contributed by atoms with Gasteiger partial charge in [0.1, 0.15) is 12.2 Å². The van der Waals surface area contributed by atoms with Crippen LogP contribution in [0.1, 0.15) is 29.7 Å². The van der Waals surface area contributed by atoms with Crippen LogP contribution in [0.25, 0.3) is 0 Å². The lowest BCUT2D eigenvalue weighted by atomic mass is 10.4. The van der Waals surface area contributed by atoms with Crippen molar-refractivity contribution in [3.05, 3.63) is 23.6 Å². The number of alkyl halides is 1. The number of halogens is 1. The first-order valence-electron chi connectivity index (χ1n) is 4.48. The molecule has 1 unspecified atom stereocenters. The summed E-state index contributed by atoms with van der Waals surface area (Å²) in [5, 5.41) is 11.4. The SMILES string of the molecule is Cc1nc(Cn2cc(C(C)Cl)nn2)no1. The Hall–Kier alpha value is -1.43. The van der Waals surface area contributed by atoms with Gasteiger partial charge in [0.25, 0.3) is 0 Å². The Morgan fingerprint density at radius 1 is 1.60 bits per heavy atom. The summed E-state index contributed by atoms with van der Waals surface area (Å²) in [6.07, 6.45) is 1.77. The van der Waals surface area contributed by atoms with Crippen LogP contribution in [0.5, 0.6) is 0 Å². The molecule has 0 amide bonds. The zero-order valence-corrected chi connectivity index (χ0v) is 9.14. The maximum Gasteiger partial charge on any atom is 0.223 e. The molecule has 0 aromatic carbocycles. The van der Waals surface area contributed by atoms with Crippen molar-refractivity contribution in [1.29, 1.82) is 0 Å². The molecule has 0 radical (unpaired) electrons. The van der Waals surface area contributed by atoms with Crippen LogP contribution in [-0.4, -0.2) is 25.1 Å². The van der Waals surface area contributed by atoms with Crippen LogP contribution in [-0.2, 0) is 6.54 Å². The fourth-order valence-electron chi connectivity index (χ4n) is 1.12. The van der Waals surface area contributed by atoms with Gasteiger partial charge in [-0.2, -0.15) is 4.98 Å². The van der Waals surface area contributed by atoms with Gasteiger partial charge in [-0.3, -0.25) is 0 Å². The highest BCUT2D eigenvalue weighted by Gasteiger charge is 2.08. The highest BCUT2D eigenvalue weighted by atomic mass is 35.5. The van der Waals surface area contributed by atoms with Crippen molar-refractivity contribution in [3.63, 3.8) is 0 Å². The summed E-state index contributed by atoms with van der Waals surface area (Å²) in [6.45, 7) is 4.02. The predicted octanol–water partition coefficient (Wildman–Crippen LogP) is 1.32. The van der Waals surface area contributed by atoms with E-state index in [1.165, 1.54) is 0 Å². The molecule has 15 heavy (non-hydrogen) atoms. The van der Waals surface area contributed by atoms with Crippen molar-refractivity contribution in [1.82, 2.24) is 25.1 Å². The van der Waals surface area contributed by atoms with E-state index >= 15 is 0 Å². The fraction of sp³-hybridized carbons (Fsp3) is 0.500. The highest BCUT2D eigenvalue weighted by molar-refractivity contribution is 6.20. The largest absolute Gasteiger partial charge is 0.340 e. The van der Waals surface area contributed by atoms with Crippen LogP contribution in [0, 0.1) is 6.92 Å². The molecule has 0 N–H and O–H groups in total. The smallest absolute Gasteiger partial charge is 0.223 e. The third-order valence-electron chi connectivity index (χ3n) is 1.84. The zero-order chi connectivity index (χ0) is 10.8. The summed E-state index contributed by atoms with van der Waals surface area (Å²) in [7, 11) is 0. The first-order valence-corrected chi connectivity index (χ1v) is 4.92. The molecule has 0 aliphatic rings. The molecule has 2 rings (SSSR count). The second-order valence-electron chi connectivity index (χ2n) is 3.19. The standard InChI is InChI=1S/C8H10ClN5O/c1-5(9)7-3-14(13-11-7)4-8-10-6(2)15-12-8/h3,5H,4H2,1-2H3. The monoisotopic (exact) mass is 227 g/mol. The van der Waals surface area contributed by atoms with Crippen LogP contribution in [0.4, 0.5) is 0 Å². The Kier molecular flexibility index (Phi) is 2.68. The predicted molar refractivity (Wildman–Crippen MR) is 52.4 cm³/mol. The Labute approximate surface area is 91.2 Å². The highest BCUT2D eigenvalue weighted by Crippen LogP contribution is 2.15. The molecule has 6 nitrogen and oxygen atoms in total. The van der Waals surface area contributed by atoms with Crippen LogP contribution >= 0.6 is 11.6 Å². The van der Waals surface area contributed by atoms with Crippen molar-refractivity contribution in [2.24, 2.45) is 0 Å². The maximum atomic E-state index is 5.86. The average molecular weight is 228 g/mol. The van der Waals surface area contributed by atoms with Crippen molar-refractivity contribution >= 4 is 11.6 Å². The van der Waals surface area contributed by atoms with Gasteiger partial charge < -0.3 is 4.52 Å². The molecule has 0 saturated carbocycles. The molecular weight excluding hydrogens is 218 g/mol. The first-order chi connectivity index (χ1) is 7.15. The van der Waals surface area contributed by atoms with E-state index in [4.69, 9.17) is 16.1 Å². The molecule has 1 atom stereocenters. The van der Waals surface area contributed by atoms with Crippen molar-refractivity contribution < 1.29 is 4.52 Å². The van der Waals surface area contributed by atoms with Gasteiger partial charge in [0.15, 0.2) is 5.82 Å². The summed E-state index contributed by atoms with van der Waals surface area (Å²) in [5.74, 6) is 1.11. The molecule has 2 aromatic rings. The number of hydrogen-bond acceptors (Lipinski definition) is 5. The molecule has 0 fully saturated rings. The summed E-state index contributed by atoms with van der Waals surface area (Å²) in [6, 6.07) is 0. The van der Waals surface area contributed by atoms with Gasteiger partial charge in [0.05, 0.1) is 11.6 Å². The third-order valence-corrected chi connectivity index (χ3v) is 2.06. The van der Waals surface area contributed by atoms with E-state index in [1.54, 1.807) is 17.8 Å². The Bertz CT molecular complexity index is 449. The molecule has 2 heterocycles. The van der Waals surface area contributed by atoms with Crippen LogP contribution < -0.4 is 0 Å². The molecular formula is C8H10ClN5O. The Morgan fingerprint density at radius 3 is 2.93 bits per heavy atom. The Morgan fingerprint density at radius 2 is 2.40 bits per heavy atom. The van der Waals surface area contributed by atoms with Crippen LogP contribution in [0.3, 0.4) is 0 Å². The lowest BCUT2D eigenvalue weighted by molar-refractivity contribution is 0.385. The number of hydrogen-bond donors (Lipinski definition) is 0. The van der Waals surface area contributed by atoms with Crippen LogP contribution in [0.15, 0.2) is 10.7 Å². The van der Waals surface area contributed by atoms with Gasteiger partial charge in [-0.25, -0.2) is 4.68 Å². The van der Waals surface area contributed by atoms with E-state index in [0.29, 0.717) is 18.3 Å². The lowest BCUT2D eigenvalue weighted by Crippen LogP contribution is -2.02. The minimum atomic E-state index is -0.147. The topological polar surface area (TPSA) is 69.6 Å². The summed E-state index contributed by atoms with van der Waals surface area (Å²) in [5.41, 5.74) is 0.733. The fourth-order valence-corrected chi connectivity index (χ4v) is 1.22. The normalized spacial score (nSPS) is 13.0. The number of rotatable bonds is 3. The van der Waals surface area contributed by atoms with Crippen LogP contribution in [0.2, 0.25) is 0 Å². The molecule has 0 aliphatic heterocycles. The van der Waals surface area contributed by atoms with Gasteiger partial charge in [-0.1, -0.05) is 10.4 Å². The number of nitrogens with zero attached hydrogens (tertiary/aromatic N) is 5. The molecule has 0 aliphatic carbocycles. The van der Waals surface area contributed by atoms with E-state index in [-0.39, 0.29) is 5.38 Å². The molecule has 2 aromatic heterocycles. The van der Waals surface area contributed by atoms with E-state index in [9.17, 15) is 0 Å². The zero-order valence-electron chi connectivity index (χ0n) is 8.38. The van der Waals surface area contributed by atoms with Crippen molar-refractivity contribution in [2.75, 3.05) is 0 Å². The van der Waals surface area contributed by atoms with Gasteiger partial charge >= 0.3 is 0 Å². The van der Waals surface area contributed by atoms with E-state index in [2.05, 4.69) is 20.5 Å². The quantitative estimate of drug-likeness (QED) is 0.740. The second-order valence-corrected chi connectivity index (χ2v) is 3.84. The molecule has 0 saturated heterocycles. The number of aromatic nitrogens is 5. The Balaban J connectivity index is 2.11. The summed E-state index contributed by atoms with van der Waals surface area (Å²) < 4.78 is 6.47. The van der Waals surface area contributed by atoms with Crippen molar-refractivity contribution in [2.45, 2.75) is 25.8 Å². The minimum absolute atomic E-state index is 0.147. The molecule has 0 bridgehead atoms. The second kappa shape index (κ2) is 3.98. The summed E-state index contributed by atoms with van der Waals surface area (Å²) >= 11 is 5.86. The minimum Gasteiger partial charge on any atom is -0.340 e. The molecule has 80 valence electrons. The van der Waals surface area contributed by atoms with E-state index < -0.39 is 0 Å². The lowest BCUT2D eigenvalue weighted by Gasteiger charge is -1.93. The molecule has 0 spiro atoms. The third kappa shape index (κ3) is 2.33.